The van der Waals surface area contributed by atoms with Crippen molar-refractivity contribution in [1.29, 1.82) is 0 Å². The van der Waals surface area contributed by atoms with E-state index in [0.717, 1.165) is 24.3 Å². The topological polar surface area (TPSA) is 22.1 Å². The van der Waals surface area contributed by atoms with Crippen LogP contribution in [-0.2, 0) is 12.8 Å². The van der Waals surface area contributed by atoms with Crippen LogP contribution in [0.3, 0.4) is 0 Å². The van der Waals surface area contributed by atoms with Gasteiger partial charge in [-0.15, -0.1) is 0 Å². The SMILES string of the molecule is COc1ccc(CCc2ccc(C)cn2)cc1. The molecule has 0 radical (unpaired) electrons. The summed E-state index contributed by atoms with van der Waals surface area (Å²) in [5.41, 5.74) is 3.66. The largest absolute Gasteiger partial charge is 0.497 e. The Hall–Kier alpha value is -1.83. The molecule has 2 nitrogen and oxygen atoms in total. The van der Waals surface area contributed by atoms with Crippen LogP contribution in [0.15, 0.2) is 42.6 Å². The molecule has 0 atom stereocenters. The summed E-state index contributed by atoms with van der Waals surface area (Å²) >= 11 is 0. The molecule has 2 aromatic rings. The molecule has 88 valence electrons. The lowest BCUT2D eigenvalue weighted by Crippen LogP contribution is -1.94. The maximum atomic E-state index is 5.13. The molecule has 0 aliphatic heterocycles. The normalized spacial score (nSPS) is 10.2. The molecule has 1 heterocycles. The monoisotopic (exact) mass is 227 g/mol. The highest BCUT2D eigenvalue weighted by Gasteiger charge is 1.97. The maximum Gasteiger partial charge on any atom is 0.118 e. The van der Waals surface area contributed by atoms with Crippen molar-refractivity contribution >= 4 is 0 Å². The Morgan fingerprint density at radius 2 is 1.76 bits per heavy atom. The van der Waals surface area contributed by atoms with Crippen LogP contribution in [0, 0.1) is 6.92 Å². The van der Waals surface area contributed by atoms with Crippen molar-refractivity contribution in [2.75, 3.05) is 7.11 Å². The Kier molecular flexibility index (Phi) is 3.76. The molecule has 0 fully saturated rings. The van der Waals surface area contributed by atoms with Crippen LogP contribution in [0.1, 0.15) is 16.8 Å². The third-order valence-corrected chi connectivity index (χ3v) is 2.80. The Morgan fingerprint density at radius 1 is 1.00 bits per heavy atom. The lowest BCUT2D eigenvalue weighted by Gasteiger charge is -2.03. The number of aromatic nitrogens is 1. The van der Waals surface area contributed by atoms with Crippen LogP contribution < -0.4 is 4.74 Å². The molecule has 0 aliphatic carbocycles. The van der Waals surface area contributed by atoms with Gasteiger partial charge in [0, 0.05) is 11.9 Å². The zero-order chi connectivity index (χ0) is 12.1. The van der Waals surface area contributed by atoms with Gasteiger partial charge < -0.3 is 4.74 Å². The van der Waals surface area contributed by atoms with E-state index in [1.807, 2.05) is 18.3 Å². The van der Waals surface area contributed by atoms with Crippen LogP contribution >= 0.6 is 0 Å². The molecular formula is C15H17NO. The minimum atomic E-state index is 0.905. The van der Waals surface area contributed by atoms with Crippen molar-refractivity contribution < 1.29 is 4.74 Å². The average molecular weight is 227 g/mol. The first-order chi connectivity index (χ1) is 8.28. The molecule has 2 heteroatoms. The quantitative estimate of drug-likeness (QED) is 0.800. The van der Waals surface area contributed by atoms with Gasteiger partial charge in [-0.25, -0.2) is 0 Å². The minimum Gasteiger partial charge on any atom is -0.497 e. The summed E-state index contributed by atoms with van der Waals surface area (Å²) < 4.78 is 5.13. The number of hydrogen-bond donors (Lipinski definition) is 0. The van der Waals surface area contributed by atoms with Gasteiger partial charge >= 0.3 is 0 Å². The van der Waals surface area contributed by atoms with Crippen LogP contribution in [0.25, 0.3) is 0 Å². The standard InChI is InChI=1S/C15H17NO/c1-12-3-7-14(16-11-12)8-4-13-5-9-15(17-2)10-6-13/h3,5-7,9-11H,4,8H2,1-2H3. The number of ether oxygens (including phenoxy) is 1. The highest BCUT2D eigenvalue weighted by atomic mass is 16.5. The first-order valence-corrected chi connectivity index (χ1v) is 5.82. The molecular weight excluding hydrogens is 210 g/mol. The van der Waals surface area contributed by atoms with E-state index in [9.17, 15) is 0 Å². The summed E-state index contributed by atoms with van der Waals surface area (Å²) in [6.07, 6.45) is 3.91. The van der Waals surface area contributed by atoms with E-state index in [2.05, 4.69) is 36.2 Å². The van der Waals surface area contributed by atoms with E-state index >= 15 is 0 Å². The summed E-state index contributed by atoms with van der Waals surface area (Å²) in [6, 6.07) is 12.4. The fourth-order valence-corrected chi connectivity index (χ4v) is 1.71. The van der Waals surface area contributed by atoms with E-state index in [4.69, 9.17) is 4.74 Å². The van der Waals surface area contributed by atoms with Crippen molar-refractivity contribution in [1.82, 2.24) is 4.98 Å². The van der Waals surface area contributed by atoms with E-state index in [0.29, 0.717) is 0 Å². The van der Waals surface area contributed by atoms with E-state index in [1.54, 1.807) is 7.11 Å². The second-order valence-electron chi connectivity index (χ2n) is 4.17. The molecule has 0 saturated heterocycles. The van der Waals surface area contributed by atoms with E-state index in [-0.39, 0.29) is 0 Å². The number of rotatable bonds is 4. The van der Waals surface area contributed by atoms with Gasteiger partial charge in [-0.1, -0.05) is 18.2 Å². The van der Waals surface area contributed by atoms with E-state index in [1.165, 1.54) is 11.1 Å². The molecule has 0 bridgehead atoms. The smallest absolute Gasteiger partial charge is 0.118 e. The predicted molar refractivity (Wildman–Crippen MR) is 69.4 cm³/mol. The summed E-state index contributed by atoms with van der Waals surface area (Å²) in [6.45, 7) is 2.06. The molecule has 1 aromatic heterocycles. The Morgan fingerprint density at radius 3 is 2.35 bits per heavy atom. The zero-order valence-electron chi connectivity index (χ0n) is 10.3. The van der Waals surface area contributed by atoms with Gasteiger partial charge in [-0.05, 0) is 49.1 Å². The number of pyridine rings is 1. The Balaban J connectivity index is 1.95. The fraction of sp³-hybridized carbons (Fsp3) is 0.267. The third kappa shape index (κ3) is 3.31. The van der Waals surface area contributed by atoms with Crippen LogP contribution in [0.2, 0.25) is 0 Å². The van der Waals surface area contributed by atoms with Gasteiger partial charge in [0.2, 0.25) is 0 Å². The van der Waals surface area contributed by atoms with Crippen LogP contribution in [-0.4, -0.2) is 12.1 Å². The lowest BCUT2D eigenvalue weighted by molar-refractivity contribution is 0.414. The molecule has 0 amide bonds. The molecule has 0 N–H and O–H groups in total. The Labute approximate surface area is 102 Å². The maximum absolute atomic E-state index is 5.13. The van der Waals surface area contributed by atoms with Gasteiger partial charge in [0.1, 0.15) is 5.75 Å². The van der Waals surface area contributed by atoms with Crippen molar-refractivity contribution in [3.63, 3.8) is 0 Å². The molecule has 1 aromatic carbocycles. The molecule has 17 heavy (non-hydrogen) atoms. The summed E-state index contributed by atoms with van der Waals surface area (Å²) in [5.74, 6) is 0.905. The second kappa shape index (κ2) is 5.48. The molecule has 0 saturated carbocycles. The molecule has 2 rings (SSSR count). The molecule has 0 unspecified atom stereocenters. The fourth-order valence-electron chi connectivity index (χ4n) is 1.71. The molecule has 0 spiro atoms. The Bertz CT molecular complexity index is 459. The third-order valence-electron chi connectivity index (χ3n) is 2.80. The number of methoxy groups -OCH3 is 1. The summed E-state index contributed by atoms with van der Waals surface area (Å²) in [5, 5.41) is 0. The average Bonchev–Trinajstić information content (AvgIpc) is 2.39. The highest BCUT2D eigenvalue weighted by molar-refractivity contribution is 5.27. The van der Waals surface area contributed by atoms with Gasteiger partial charge in [-0.3, -0.25) is 4.98 Å². The predicted octanol–water partition coefficient (Wildman–Crippen LogP) is 3.18. The summed E-state index contributed by atoms with van der Waals surface area (Å²) in [7, 11) is 1.69. The van der Waals surface area contributed by atoms with Gasteiger partial charge in [0.25, 0.3) is 0 Å². The van der Waals surface area contributed by atoms with Gasteiger partial charge in [0.05, 0.1) is 7.11 Å². The van der Waals surface area contributed by atoms with Crippen molar-refractivity contribution in [3.8, 4) is 5.75 Å². The number of aryl methyl sites for hydroxylation is 3. The first kappa shape index (κ1) is 11.6. The van der Waals surface area contributed by atoms with Crippen molar-refractivity contribution in [3.05, 3.63) is 59.4 Å². The van der Waals surface area contributed by atoms with E-state index < -0.39 is 0 Å². The second-order valence-corrected chi connectivity index (χ2v) is 4.17. The lowest BCUT2D eigenvalue weighted by atomic mass is 10.1. The number of benzene rings is 1. The highest BCUT2D eigenvalue weighted by Crippen LogP contribution is 2.13. The number of nitrogens with zero attached hydrogens (tertiary/aromatic N) is 1. The van der Waals surface area contributed by atoms with Gasteiger partial charge in [-0.2, -0.15) is 0 Å². The molecule has 0 aliphatic rings. The number of hydrogen-bond acceptors (Lipinski definition) is 2. The first-order valence-electron chi connectivity index (χ1n) is 5.82. The summed E-state index contributed by atoms with van der Waals surface area (Å²) in [4.78, 5) is 4.40. The van der Waals surface area contributed by atoms with Crippen molar-refractivity contribution in [2.45, 2.75) is 19.8 Å². The zero-order valence-corrected chi connectivity index (χ0v) is 10.3. The van der Waals surface area contributed by atoms with Gasteiger partial charge in [0.15, 0.2) is 0 Å². The van der Waals surface area contributed by atoms with Crippen molar-refractivity contribution in [2.24, 2.45) is 0 Å². The minimum absolute atomic E-state index is 0.905. The van der Waals surface area contributed by atoms with Crippen LogP contribution in [0.5, 0.6) is 5.75 Å². The van der Waals surface area contributed by atoms with Crippen LogP contribution in [0.4, 0.5) is 0 Å².